The van der Waals surface area contributed by atoms with E-state index in [0.717, 1.165) is 0 Å². The van der Waals surface area contributed by atoms with Crippen LogP contribution in [0.4, 0.5) is 5.69 Å². The summed E-state index contributed by atoms with van der Waals surface area (Å²) in [7, 11) is 0. The second kappa shape index (κ2) is 5.18. The molecule has 0 bridgehead atoms. The molecule has 3 aromatic rings. The van der Waals surface area contributed by atoms with Crippen molar-refractivity contribution in [2.75, 3.05) is 5.32 Å². The van der Waals surface area contributed by atoms with Gasteiger partial charge >= 0.3 is 0 Å². The van der Waals surface area contributed by atoms with Crippen molar-refractivity contribution in [1.29, 1.82) is 0 Å². The first kappa shape index (κ1) is 12.4. The van der Waals surface area contributed by atoms with Gasteiger partial charge in [-0.25, -0.2) is 4.68 Å². The van der Waals surface area contributed by atoms with Gasteiger partial charge in [-0.15, -0.1) is 0 Å². The third kappa shape index (κ3) is 2.28. The van der Waals surface area contributed by atoms with E-state index in [1.807, 2.05) is 0 Å². The monoisotopic (exact) mass is 287 g/mol. The van der Waals surface area contributed by atoms with E-state index in [1.54, 1.807) is 41.3 Å². The molecule has 2 N–H and O–H groups in total. The van der Waals surface area contributed by atoms with Gasteiger partial charge in [-0.1, -0.05) is 17.7 Å². The summed E-state index contributed by atoms with van der Waals surface area (Å²) in [6, 6.07) is 7.05. The highest BCUT2D eigenvalue weighted by molar-refractivity contribution is 6.33. The van der Waals surface area contributed by atoms with E-state index in [1.165, 1.54) is 12.4 Å². The Hall–Kier alpha value is -2.60. The highest BCUT2D eigenvalue weighted by Crippen LogP contribution is 2.28. The van der Waals surface area contributed by atoms with Gasteiger partial charge in [0, 0.05) is 18.6 Å². The maximum atomic E-state index is 12.1. The molecule has 1 aromatic carbocycles. The number of hydrogen-bond donors (Lipinski definition) is 2. The number of anilines is 1. The summed E-state index contributed by atoms with van der Waals surface area (Å²) in [6.07, 6.45) is 6.38. The van der Waals surface area contributed by atoms with Crippen LogP contribution >= 0.6 is 11.6 Å². The van der Waals surface area contributed by atoms with Crippen molar-refractivity contribution in [2.45, 2.75) is 0 Å². The normalized spacial score (nSPS) is 10.4. The van der Waals surface area contributed by atoms with Crippen molar-refractivity contribution in [3.8, 4) is 5.69 Å². The van der Waals surface area contributed by atoms with Gasteiger partial charge in [0.25, 0.3) is 5.91 Å². The molecule has 0 radical (unpaired) electrons. The Morgan fingerprint density at radius 1 is 1.35 bits per heavy atom. The number of halogens is 1. The van der Waals surface area contributed by atoms with Crippen LogP contribution in [0.5, 0.6) is 0 Å². The molecule has 2 aromatic heterocycles. The number of H-pyrrole nitrogens is 1. The van der Waals surface area contributed by atoms with E-state index < -0.39 is 0 Å². The Bertz CT molecular complexity index is 721. The zero-order valence-electron chi connectivity index (χ0n) is 10.2. The summed E-state index contributed by atoms with van der Waals surface area (Å²) in [6.45, 7) is 0. The number of carbonyl (C=O) groups is 1. The van der Waals surface area contributed by atoms with Crippen LogP contribution in [0.15, 0.2) is 49.1 Å². The van der Waals surface area contributed by atoms with E-state index in [2.05, 4.69) is 20.6 Å². The summed E-state index contributed by atoms with van der Waals surface area (Å²) >= 11 is 6.20. The first-order valence-electron chi connectivity index (χ1n) is 5.84. The number of hydrogen-bond acceptors (Lipinski definition) is 3. The van der Waals surface area contributed by atoms with Crippen LogP contribution in [-0.2, 0) is 0 Å². The number of aromatic amines is 1. The number of nitrogens with zero attached hydrogens (tertiary/aromatic N) is 3. The number of amides is 1. The molecule has 3 rings (SSSR count). The van der Waals surface area contributed by atoms with Crippen LogP contribution < -0.4 is 5.32 Å². The minimum Gasteiger partial charge on any atom is -0.320 e. The summed E-state index contributed by atoms with van der Waals surface area (Å²) < 4.78 is 1.60. The number of nitrogens with one attached hydrogen (secondary N) is 2. The Labute approximate surface area is 119 Å². The topological polar surface area (TPSA) is 75.6 Å². The van der Waals surface area contributed by atoms with Crippen molar-refractivity contribution >= 4 is 23.2 Å². The lowest BCUT2D eigenvalue weighted by Gasteiger charge is -2.12. The van der Waals surface area contributed by atoms with Gasteiger partial charge in [0.15, 0.2) is 0 Å². The minimum absolute atomic E-state index is 0.269. The molecule has 0 unspecified atom stereocenters. The molecule has 0 fully saturated rings. The lowest BCUT2D eigenvalue weighted by molar-refractivity contribution is 0.102. The van der Waals surface area contributed by atoms with Crippen molar-refractivity contribution in [3.05, 3.63) is 59.6 Å². The number of aromatic nitrogens is 4. The lowest BCUT2D eigenvalue weighted by Crippen LogP contribution is -2.13. The van der Waals surface area contributed by atoms with Crippen LogP contribution in [0.1, 0.15) is 10.4 Å². The van der Waals surface area contributed by atoms with Gasteiger partial charge in [-0.3, -0.25) is 9.89 Å². The summed E-state index contributed by atoms with van der Waals surface area (Å²) in [5, 5.41) is 13.8. The smallest absolute Gasteiger partial charge is 0.258 e. The molecule has 2 heterocycles. The van der Waals surface area contributed by atoms with E-state index in [-0.39, 0.29) is 5.91 Å². The van der Waals surface area contributed by atoms with Gasteiger partial charge in [0.05, 0.1) is 22.5 Å². The van der Waals surface area contributed by atoms with Crippen molar-refractivity contribution in [2.24, 2.45) is 0 Å². The van der Waals surface area contributed by atoms with Gasteiger partial charge in [0.1, 0.15) is 5.69 Å². The highest BCUT2D eigenvalue weighted by atomic mass is 35.5. The Morgan fingerprint density at radius 2 is 2.25 bits per heavy atom. The molecule has 20 heavy (non-hydrogen) atoms. The largest absolute Gasteiger partial charge is 0.320 e. The molecule has 0 saturated heterocycles. The fraction of sp³-hybridized carbons (Fsp3) is 0. The van der Waals surface area contributed by atoms with Crippen LogP contribution in [-0.4, -0.2) is 25.9 Å². The van der Waals surface area contributed by atoms with Gasteiger partial charge in [-0.2, -0.15) is 10.2 Å². The number of carbonyl (C=O) groups excluding carboxylic acids is 1. The molecular formula is C13H10ClN5O. The van der Waals surface area contributed by atoms with Crippen LogP contribution in [0.2, 0.25) is 5.02 Å². The summed E-state index contributed by atoms with van der Waals surface area (Å²) in [4.78, 5) is 12.1. The third-order valence-corrected chi connectivity index (χ3v) is 3.03. The van der Waals surface area contributed by atoms with E-state index in [9.17, 15) is 4.79 Å². The summed E-state index contributed by atoms with van der Waals surface area (Å²) in [5.74, 6) is -0.269. The fourth-order valence-electron chi connectivity index (χ4n) is 1.82. The van der Waals surface area contributed by atoms with E-state index in [4.69, 9.17) is 11.6 Å². The Morgan fingerprint density at radius 3 is 2.95 bits per heavy atom. The average molecular weight is 288 g/mol. The van der Waals surface area contributed by atoms with Crippen LogP contribution in [0, 0.1) is 0 Å². The molecule has 0 aliphatic rings. The van der Waals surface area contributed by atoms with E-state index in [0.29, 0.717) is 22.0 Å². The zero-order valence-corrected chi connectivity index (χ0v) is 11.0. The van der Waals surface area contributed by atoms with Gasteiger partial charge < -0.3 is 5.32 Å². The molecule has 0 spiro atoms. The number of para-hydroxylation sites is 1. The third-order valence-electron chi connectivity index (χ3n) is 2.73. The second-order valence-corrected chi connectivity index (χ2v) is 4.43. The number of rotatable bonds is 3. The molecule has 0 aliphatic heterocycles. The molecule has 1 amide bonds. The standard InChI is InChI=1S/C13H10ClN5O/c14-10-3-1-4-11(12(10)19-6-2-5-17-19)18-13(20)9-7-15-16-8-9/h1-8H,(H,15,16)(H,18,20). The molecule has 7 heteroatoms. The molecule has 0 aliphatic carbocycles. The lowest BCUT2D eigenvalue weighted by atomic mass is 10.2. The van der Waals surface area contributed by atoms with Crippen molar-refractivity contribution in [1.82, 2.24) is 20.0 Å². The maximum Gasteiger partial charge on any atom is 0.258 e. The van der Waals surface area contributed by atoms with Crippen LogP contribution in [0.3, 0.4) is 0 Å². The zero-order chi connectivity index (χ0) is 13.9. The van der Waals surface area contributed by atoms with E-state index >= 15 is 0 Å². The number of benzene rings is 1. The Balaban J connectivity index is 1.98. The van der Waals surface area contributed by atoms with Crippen LogP contribution in [0.25, 0.3) is 5.69 Å². The molecular weight excluding hydrogens is 278 g/mol. The maximum absolute atomic E-state index is 12.1. The van der Waals surface area contributed by atoms with Gasteiger partial charge in [-0.05, 0) is 18.2 Å². The summed E-state index contributed by atoms with van der Waals surface area (Å²) in [5.41, 5.74) is 1.64. The average Bonchev–Trinajstić information content (AvgIpc) is 3.12. The molecule has 6 nitrogen and oxygen atoms in total. The Kier molecular flexibility index (Phi) is 3.22. The van der Waals surface area contributed by atoms with Crippen molar-refractivity contribution < 1.29 is 4.79 Å². The minimum atomic E-state index is -0.269. The molecule has 100 valence electrons. The second-order valence-electron chi connectivity index (χ2n) is 4.03. The molecule has 0 atom stereocenters. The molecule has 0 saturated carbocycles. The first-order chi connectivity index (χ1) is 9.75. The predicted molar refractivity (Wildman–Crippen MR) is 75.1 cm³/mol. The quantitative estimate of drug-likeness (QED) is 0.777. The van der Waals surface area contributed by atoms with Gasteiger partial charge in [0.2, 0.25) is 0 Å². The highest BCUT2D eigenvalue weighted by Gasteiger charge is 2.13. The first-order valence-corrected chi connectivity index (χ1v) is 6.22. The predicted octanol–water partition coefficient (Wildman–Crippen LogP) is 2.50. The SMILES string of the molecule is O=C(Nc1cccc(Cl)c1-n1cccn1)c1cn[nH]c1. The fourth-order valence-corrected chi connectivity index (χ4v) is 2.08. The van der Waals surface area contributed by atoms with Crippen molar-refractivity contribution in [3.63, 3.8) is 0 Å².